The molecule has 1 aromatic heterocycles. The first kappa shape index (κ1) is 14.0. The summed E-state index contributed by atoms with van der Waals surface area (Å²) in [6, 6.07) is 7.63. The van der Waals surface area contributed by atoms with Gasteiger partial charge < -0.3 is 9.47 Å². The van der Waals surface area contributed by atoms with Gasteiger partial charge in [-0.3, -0.25) is 0 Å². The fourth-order valence-corrected chi connectivity index (χ4v) is 1.79. The van der Waals surface area contributed by atoms with Crippen LogP contribution in [0.3, 0.4) is 0 Å². The Bertz CT molecular complexity index is 572. The lowest BCUT2D eigenvalue weighted by atomic mass is 10.1. The van der Waals surface area contributed by atoms with Crippen LogP contribution in [0.25, 0.3) is 10.9 Å². The second-order valence-corrected chi connectivity index (χ2v) is 5.22. The number of rotatable bonds is 5. The third-order valence-electron chi connectivity index (χ3n) is 3.04. The minimum atomic E-state index is -0.216. The molecule has 0 saturated heterocycles. The van der Waals surface area contributed by atoms with Gasteiger partial charge in [0.05, 0.1) is 23.1 Å². The van der Waals surface area contributed by atoms with Gasteiger partial charge >= 0.3 is 0 Å². The van der Waals surface area contributed by atoms with Gasteiger partial charge in [-0.1, -0.05) is 12.1 Å². The molecule has 4 nitrogen and oxygen atoms in total. The number of nitrogens with zero attached hydrogens (tertiary/aromatic N) is 2. The first-order valence-corrected chi connectivity index (χ1v) is 6.50. The van der Waals surface area contributed by atoms with Crippen LogP contribution in [0.15, 0.2) is 24.3 Å². The predicted octanol–water partition coefficient (Wildman–Crippen LogP) is 3.48. The molecule has 0 N–H and O–H groups in total. The highest BCUT2D eigenvalue weighted by Gasteiger charge is 2.17. The Kier molecular flexibility index (Phi) is 4.22. The summed E-state index contributed by atoms with van der Waals surface area (Å²) in [5.74, 6) is 0.516. The Labute approximate surface area is 117 Å². The van der Waals surface area contributed by atoms with Crippen LogP contribution in [-0.2, 0) is 4.74 Å². The largest absolute Gasteiger partial charge is 0.477 e. The van der Waals surface area contributed by atoms with E-state index in [-0.39, 0.29) is 10.9 Å². The monoisotopic (exact) mass is 280 g/mol. The summed E-state index contributed by atoms with van der Waals surface area (Å²) in [4.78, 5) is 8.30. The molecular formula is C14H17ClN2O2. The van der Waals surface area contributed by atoms with Crippen LogP contribution >= 0.6 is 11.6 Å². The number of hydrogen-bond donors (Lipinski definition) is 0. The van der Waals surface area contributed by atoms with Crippen LogP contribution in [0.1, 0.15) is 20.3 Å². The zero-order valence-electron chi connectivity index (χ0n) is 11.3. The van der Waals surface area contributed by atoms with Gasteiger partial charge in [-0.2, -0.15) is 4.98 Å². The molecular weight excluding hydrogens is 264 g/mol. The van der Waals surface area contributed by atoms with Crippen molar-refractivity contribution in [3.63, 3.8) is 0 Å². The van der Waals surface area contributed by atoms with Crippen molar-refractivity contribution in [2.75, 3.05) is 13.7 Å². The zero-order valence-corrected chi connectivity index (χ0v) is 12.1. The van der Waals surface area contributed by atoms with Crippen molar-refractivity contribution in [1.82, 2.24) is 9.97 Å². The molecule has 0 aliphatic heterocycles. The van der Waals surface area contributed by atoms with Gasteiger partial charge in [0, 0.05) is 13.5 Å². The molecule has 0 aliphatic carbocycles. The van der Waals surface area contributed by atoms with E-state index in [0.29, 0.717) is 12.5 Å². The van der Waals surface area contributed by atoms with E-state index in [2.05, 4.69) is 9.97 Å². The van der Waals surface area contributed by atoms with Gasteiger partial charge in [-0.25, -0.2) is 4.98 Å². The summed E-state index contributed by atoms with van der Waals surface area (Å²) in [6.45, 7) is 4.54. The van der Waals surface area contributed by atoms with Crippen molar-refractivity contribution in [2.45, 2.75) is 25.9 Å². The number of aromatic nitrogens is 2. The molecule has 1 aromatic carbocycles. The quantitative estimate of drug-likeness (QED) is 0.787. The molecule has 0 radical (unpaired) electrons. The summed E-state index contributed by atoms with van der Waals surface area (Å²) in [5.41, 5.74) is 0.565. The predicted molar refractivity (Wildman–Crippen MR) is 75.7 cm³/mol. The number of fused-ring (bicyclic) bond motifs is 1. The maximum absolute atomic E-state index is 5.89. The van der Waals surface area contributed by atoms with Crippen molar-refractivity contribution in [2.24, 2.45) is 0 Å². The lowest BCUT2D eigenvalue weighted by Crippen LogP contribution is -2.25. The topological polar surface area (TPSA) is 44.2 Å². The Morgan fingerprint density at radius 2 is 1.95 bits per heavy atom. The fraction of sp³-hybridized carbons (Fsp3) is 0.429. The maximum atomic E-state index is 5.89. The summed E-state index contributed by atoms with van der Waals surface area (Å²) in [7, 11) is 1.69. The highest BCUT2D eigenvalue weighted by atomic mass is 35.5. The Morgan fingerprint density at radius 1 is 1.21 bits per heavy atom. The smallest absolute Gasteiger partial charge is 0.226 e. The van der Waals surface area contributed by atoms with E-state index in [4.69, 9.17) is 21.1 Å². The van der Waals surface area contributed by atoms with E-state index >= 15 is 0 Å². The SMILES string of the molecule is COC(C)(C)CCOc1nc(Cl)nc2ccccc12. The highest BCUT2D eigenvalue weighted by Crippen LogP contribution is 2.24. The minimum Gasteiger partial charge on any atom is -0.477 e. The van der Waals surface area contributed by atoms with Crippen molar-refractivity contribution >= 4 is 22.5 Å². The van der Waals surface area contributed by atoms with Crippen LogP contribution in [0.2, 0.25) is 5.28 Å². The molecule has 0 saturated carbocycles. The molecule has 0 unspecified atom stereocenters. The molecule has 0 atom stereocenters. The average molecular weight is 281 g/mol. The average Bonchev–Trinajstić information content (AvgIpc) is 2.38. The van der Waals surface area contributed by atoms with Gasteiger partial charge in [-0.05, 0) is 37.6 Å². The van der Waals surface area contributed by atoms with Gasteiger partial charge in [-0.15, -0.1) is 0 Å². The number of benzene rings is 1. The molecule has 1 heterocycles. The van der Waals surface area contributed by atoms with E-state index in [1.54, 1.807) is 7.11 Å². The lowest BCUT2D eigenvalue weighted by Gasteiger charge is -2.22. The Hall–Kier alpha value is -1.39. The third kappa shape index (κ3) is 3.55. The van der Waals surface area contributed by atoms with E-state index in [1.807, 2.05) is 38.1 Å². The molecule has 102 valence electrons. The summed E-state index contributed by atoms with van der Waals surface area (Å²) in [6.07, 6.45) is 0.763. The number of para-hydroxylation sites is 1. The van der Waals surface area contributed by atoms with Crippen molar-refractivity contribution in [1.29, 1.82) is 0 Å². The van der Waals surface area contributed by atoms with Crippen LogP contribution in [0, 0.1) is 0 Å². The maximum Gasteiger partial charge on any atom is 0.226 e. The first-order valence-electron chi connectivity index (χ1n) is 6.12. The van der Waals surface area contributed by atoms with Gasteiger partial charge in [0.15, 0.2) is 0 Å². The third-order valence-corrected chi connectivity index (χ3v) is 3.21. The number of ether oxygens (including phenoxy) is 2. The molecule has 2 aromatic rings. The molecule has 2 rings (SSSR count). The minimum absolute atomic E-state index is 0.194. The van der Waals surface area contributed by atoms with E-state index in [0.717, 1.165) is 17.3 Å². The standard InChI is InChI=1S/C14H17ClN2O2/c1-14(2,18-3)8-9-19-12-10-6-4-5-7-11(10)16-13(15)17-12/h4-7H,8-9H2,1-3H3. The van der Waals surface area contributed by atoms with Gasteiger partial charge in [0.2, 0.25) is 11.2 Å². The number of hydrogen-bond acceptors (Lipinski definition) is 4. The van der Waals surface area contributed by atoms with Crippen molar-refractivity contribution < 1.29 is 9.47 Å². The van der Waals surface area contributed by atoms with Crippen LogP contribution in [-0.4, -0.2) is 29.3 Å². The van der Waals surface area contributed by atoms with Crippen LogP contribution < -0.4 is 4.74 Å². The van der Waals surface area contributed by atoms with E-state index < -0.39 is 0 Å². The summed E-state index contributed by atoms with van der Waals surface area (Å²) >= 11 is 5.89. The van der Waals surface area contributed by atoms with Crippen LogP contribution in [0.4, 0.5) is 0 Å². The summed E-state index contributed by atoms with van der Waals surface area (Å²) in [5, 5.41) is 1.06. The normalized spacial score (nSPS) is 11.8. The fourth-order valence-electron chi connectivity index (χ4n) is 1.63. The zero-order chi connectivity index (χ0) is 13.9. The Morgan fingerprint density at radius 3 is 2.68 bits per heavy atom. The molecule has 0 amide bonds. The molecule has 0 spiro atoms. The number of halogens is 1. The van der Waals surface area contributed by atoms with Crippen molar-refractivity contribution in [3.8, 4) is 5.88 Å². The molecule has 19 heavy (non-hydrogen) atoms. The van der Waals surface area contributed by atoms with Crippen LogP contribution in [0.5, 0.6) is 5.88 Å². The second-order valence-electron chi connectivity index (χ2n) is 4.88. The van der Waals surface area contributed by atoms with E-state index in [9.17, 15) is 0 Å². The first-order chi connectivity index (χ1) is 9.02. The summed E-state index contributed by atoms with van der Waals surface area (Å²) < 4.78 is 11.1. The molecule has 0 aliphatic rings. The van der Waals surface area contributed by atoms with Gasteiger partial charge in [0.1, 0.15) is 0 Å². The van der Waals surface area contributed by atoms with Crippen molar-refractivity contribution in [3.05, 3.63) is 29.5 Å². The van der Waals surface area contributed by atoms with E-state index in [1.165, 1.54) is 0 Å². The Balaban J connectivity index is 2.16. The number of methoxy groups -OCH3 is 1. The molecule has 0 fully saturated rings. The second kappa shape index (κ2) is 5.72. The molecule has 5 heteroatoms. The van der Waals surface area contributed by atoms with Gasteiger partial charge in [0.25, 0.3) is 0 Å². The lowest BCUT2D eigenvalue weighted by molar-refractivity contribution is 0.00522. The molecule has 0 bridgehead atoms. The highest BCUT2D eigenvalue weighted by molar-refractivity contribution is 6.28.